The van der Waals surface area contributed by atoms with E-state index in [-0.39, 0.29) is 12.5 Å². The molecule has 6 heteroatoms. The van der Waals surface area contributed by atoms with Crippen LogP contribution in [0.25, 0.3) is 10.2 Å². The van der Waals surface area contributed by atoms with E-state index >= 15 is 0 Å². The Morgan fingerprint density at radius 3 is 2.44 bits per heavy atom. The van der Waals surface area contributed by atoms with Crippen LogP contribution in [0.1, 0.15) is 18.1 Å². The van der Waals surface area contributed by atoms with E-state index in [1.165, 1.54) is 16.9 Å². The molecule has 2 aromatic carbocycles. The molecule has 0 aliphatic carbocycles. The largest absolute Gasteiger partial charge is 0.494 e. The van der Waals surface area contributed by atoms with Crippen molar-refractivity contribution in [1.29, 1.82) is 0 Å². The van der Waals surface area contributed by atoms with Crippen LogP contribution in [0, 0.1) is 13.8 Å². The average Bonchev–Trinajstić information content (AvgIpc) is 3.01. The lowest BCUT2D eigenvalue weighted by Gasteiger charge is -2.07. The van der Waals surface area contributed by atoms with Crippen LogP contribution in [0.2, 0.25) is 0 Å². The number of nitrogens with zero attached hydrogens (tertiary/aromatic N) is 1. The number of anilines is 1. The van der Waals surface area contributed by atoms with E-state index in [1.807, 2.05) is 32.0 Å². The van der Waals surface area contributed by atoms with Gasteiger partial charge in [-0.2, -0.15) is 0 Å². The minimum atomic E-state index is -0.234. The summed E-state index contributed by atoms with van der Waals surface area (Å²) in [7, 11) is 0. The highest BCUT2D eigenvalue weighted by atomic mass is 32.1. The predicted octanol–water partition coefficient (Wildman–Crippen LogP) is 4.33. The number of hydrogen-bond donors (Lipinski definition) is 1. The van der Waals surface area contributed by atoms with Crippen LogP contribution in [0.4, 0.5) is 5.13 Å². The van der Waals surface area contributed by atoms with Gasteiger partial charge in [0.25, 0.3) is 5.91 Å². The molecule has 0 unspecified atom stereocenters. The normalized spacial score (nSPS) is 10.7. The molecule has 1 aromatic heterocycles. The Labute approximate surface area is 150 Å². The zero-order chi connectivity index (χ0) is 17.8. The van der Waals surface area contributed by atoms with Gasteiger partial charge in [-0.15, -0.1) is 0 Å². The first-order chi connectivity index (χ1) is 12.1. The number of rotatable bonds is 6. The van der Waals surface area contributed by atoms with Gasteiger partial charge in [0.05, 0.1) is 16.8 Å². The van der Waals surface area contributed by atoms with Gasteiger partial charge in [-0.25, -0.2) is 4.98 Å². The monoisotopic (exact) mass is 356 g/mol. The summed E-state index contributed by atoms with van der Waals surface area (Å²) in [5.74, 6) is 1.16. The molecule has 0 aliphatic rings. The first-order valence-corrected chi connectivity index (χ1v) is 8.90. The maximum Gasteiger partial charge on any atom is 0.264 e. The Kier molecular flexibility index (Phi) is 5.19. The number of aryl methyl sites for hydroxylation is 2. The summed E-state index contributed by atoms with van der Waals surface area (Å²) < 4.78 is 11.9. The van der Waals surface area contributed by atoms with Gasteiger partial charge < -0.3 is 9.47 Å². The van der Waals surface area contributed by atoms with E-state index in [9.17, 15) is 4.79 Å². The highest BCUT2D eigenvalue weighted by Crippen LogP contribution is 2.29. The minimum Gasteiger partial charge on any atom is -0.494 e. The summed E-state index contributed by atoms with van der Waals surface area (Å²) in [6, 6.07) is 11.3. The van der Waals surface area contributed by atoms with E-state index in [0.29, 0.717) is 17.5 Å². The molecular weight excluding hydrogens is 336 g/mol. The zero-order valence-corrected chi connectivity index (χ0v) is 15.3. The molecule has 0 saturated heterocycles. The third kappa shape index (κ3) is 4.09. The third-order valence-electron chi connectivity index (χ3n) is 3.84. The molecule has 25 heavy (non-hydrogen) atoms. The molecule has 1 heterocycles. The molecule has 1 amide bonds. The Morgan fingerprint density at radius 1 is 1.08 bits per heavy atom. The van der Waals surface area contributed by atoms with Gasteiger partial charge >= 0.3 is 0 Å². The molecule has 0 spiro atoms. The number of thiazole rings is 1. The van der Waals surface area contributed by atoms with Gasteiger partial charge in [-0.05, 0) is 62.2 Å². The molecular formula is C19H20N2O3S. The summed E-state index contributed by atoms with van der Waals surface area (Å²) in [5.41, 5.74) is 3.27. The quantitative estimate of drug-likeness (QED) is 0.714. The summed E-state index contributed by atoms with van der Waals surface area (Å²) in [4.78, 5) is 16.6. The lowest BCUT2D eigenvalue weighted by Crippen LogP contribution is -2.19. The number of carbonyl (C=O) groups excluding carboxylic acids is 1. The van der Waals surface area contributed by atoms with Crippen molar-refractivity contribution in [1.82, 2.24) is 4.98 Å². The Hall–Kier alpha value is -2.60. The second-order valence-corrected chi connectivity index (χ2v) is 6.65. The van der Waals surface area contributed by atoms with Gasteiger partial charge in [-0.3, -0.25) is 10.1 Å². The van der Waals surface area contributed by atoms with Crippen LogP contribution < -0.4 is 14.8 Å². The molecule has 0 fully saturated rings. The highest BCUT2D eigenvalue weighted by Gasteiger charge is 2.11. The second-order valence-electron chi connectivity index (χ2n) is 5.61. The van der Waals surface area contributed by atoms with E-state index in [4.69, 9.17) is 9.47 Å². The van der Waals surface area contributed by atoms with Crippen molar-refractivity contribution < 1.29 is 14.3 Å². The van der Waals surface area contributed by atoms with Crippen LogP contribution >= 0.6 is 11.3 Å². The molecule has 3 aromatic rings. The van der Waals surface area contributed by atoms with Crippen molar-refractivity contribution >= 4 is 32.6 Å². The molecule has 0 radical (unpaired) electrons. The van der Waals surface area contributed by atoms with Crippen LogP contribution in [-0.2, 0) is 4.79 Å². The van der Waals surface area contributed by atoms with Crippen LogP contribution in [0.3, 0.4) is 0 Å². The van der Waals surface area contributed by atoms with Crippen molar-refractivity contribution in [2.45, 2.75) is 20.8 Å². The van der Waals surface area contributed by atoms with E-state index < -0.39 is 0 Å². The summed E-state index contributed by atoms with van der Waals surface area (Å²) >= 11 is 1.46. The number of nitrogens with one attached hydrogen (secondary N) is 1. The first-order valence-electron chi connectivity index (χ1n) is 8.09. The first kappa shape index (κ1) is 17.2. The molecule has 0 aliphatic heterocycles. The minimum absolute atomic E-state index is 0.0675. The molecule has 0 bridgehead atoms. The van der Waals surface area contributed by atoms with Crippen molar-refractivity contribution in [3.8, 4) is 11.5 Å². The van der Waals surface area contributed by atoms with Gasteiger partial charge in [0.15, 0.2) is 11.7 Å². The summed E-state index contributed by atoms with van der Waals surface area (Å²) in [6.07, 6.45) is 0. The average molecular weight is 356 g/mol. The molecule has 1 N–H and O–H groups in total. The predicted molar refractivity (Wildman–Crippen MR) is 101 cm³/mol. The van der Waals surface area contributed by atoms with Gasteiger partial charge in [-0.1, -0.05) is 17.4 Å². The van der Waals surface area contributed by atoms with Crippen LogP contribution in [-0.4, -0.2) is 24.1 Å². The maximum absolute atomic E-state index is 12.1. The van der Waals surface area contributed by atoms with Gasteiger partial charge in [0.1, 0.15) is 11.5 Å². The number of ether oxygens (including phenoxy) is 2. The lowest BCUT2D eigenvalue weighted by atomic mass is 10.1. The number of benzene rings is 2. The summed E-state index contributed by atoms with van der Waals surface area (Å²) in [6.45, 7) is 6.57. The Bertz CT molecular complexity index is 888. The Morgan fingerprint density at radius 2 is 1.76 bits per heavy atom. The van der Waals surface area contributed by atoms with Crippen molar-refractivity contribution in [2.75, 3.05) is 18.5 Å². The van der Waals surface area contributed by atoms with Gasteiger partial charge in [0, 0.05) is 0 Å². The van der Waals surface area contributed by atoms with E-state index in [2.05, 4.69) is 23.3 Å². The van der Waals surface area contributed by atoms with Gasteiger partial charge in [0.2, 0.25) is 0 Å². The fourth-order valence-corrected chi connectivity index (χ4v) is 3.32. The third-order valence-corrected chi connectivity index (χ3v) is 4.77. The zero-order valence-electron chi connectivity index (χ0n) is 14.5. The van der Waals surface area contributed by atoms with Crippen LogP contribution in [0.5, 0.6) is 11.5 Å². The topological polar surface area (TPSA) is 60.5 Å². The molecule has 0 atom stereocenters. The van der Waals surface area contributed by atoms with Crippen LogP contribution in [0.15, 0.2) is 36.4 Å². The molecule has 3 rings (SSSR count). The highest BCUT2D eigenvalue weighted by molar-refractivity contribution is 7.22. The number of aromatic nitrogens is 1. The molecule has 5 nitrogen and oxygen atoms in total. The lowest BCUT2D eigenvalue weighted by molar-refractivity contribution is -0.118. The van der Waals surface area contributed by atoms with Crippen molar-refractivity contribution in [3.05, 3.63) is 47.5 Å². The Balaban J connectivity index is 1.60. The number of amides is 1. The summed E-state index contributed by atoms with van der Waals surface area (Å²) in [5, 5.41) is 3.39. The molecule has 130 valence electrons. The number of carbonyl (C=O) groups is 1. The smallest absolute Gasteiger partial charge is 0.264 e. The standard InChI is InChI=1S/C19H20N2O3S/c1-4-23-14-6-8-15(9-7-14)24-11-17(22)20-19-21-18-13(3)12(2)5-10-16(18)25-19/h5-10H,4,11H2,1-3H3,(H,20,21,22). The number of fused-ring (bicyclic) bond motifs is 1. The van der Waals surface area contributed by atoms with E-state index in [0.717, 1.165) is 21.5 Å². The van der Waals surface area contributed by atoms with E-state index in [1.54, 1.807) is 12.1 Å². The molecule has 0 saturated carbocycles. The fourth-order valence-electron chi connectivity index (χ4n) is 2.38. The van der Waals surface area contributed by atoms with Crippen molar-refractivity contribution in [3.63, 3.8) is 0 Å². The van der Waals surface area contributed by atoms with Crippen molar-refractivity contribution in [2.24, 2.45) is 0 Å². The SMILES string of the molecule is CCOc1ccc(OCC(=O)Nc2nc3c(C)c(C)ccc3s2)cc1. The fraction of sp³-hybridized carbons (Fsp3) is 0.263. The maximum atomic E-state index is 12.1. The second kappa shape index (κ2) is 7.53. The number of hydrogen-bond acceptors (Lipinski definition) is 5.